The number of allylic oxidation sites excluding steroid dienone is 1. The summed E-state index contributed by atoms with van der Waals surface area (Å²) < 4.78 is 16.1. The van der Waals surface area contributed by atoms with Crippen LogP contribution in [0.3, 0.4) is 0 Å². The Hall–Kier alpha value is -0.810. The van der Waals surface area contributed by atoms with Crippen molar-refractivity contribution >= 4 is 19.4 Å². The molecule has 0 radical (unpaired) electrons. The van der Waals surface area contributed by atoms with E-state index in [4.69, 9.17) is 14.3 Å². The summed E-state index contributed by atoms with van der Waals surface area (Å²) in [6, 6.07) is 0. The Kier molecular flexibility index (Phi) is 4.17. The van der Waals surface area contributed by atoms with Gasteiger partial charge in [-0.1, -0.05) is 19.4 Å². The number of phosphoric acid groups is 1. The van der Waals surface area contributed by atoms with E-state index in [-0.39, 0.29) is 34.4 Å². The number of hydrogen-bond donors (Lipinski definition) is 2. The molecule has 6 nitrogen and oxygen atoms in total. The number of rotatable bonds is 2. The first-order valence-electron chi connectivity index (χ1n) is 9.57. The molecule has 26 heavy (non-hydrogen) atoms. The Morgan fingerprint density at radius 2 is 1.73 bits per heavy atom. The summed E-state index contributed by atoms with van der Waals surface area (Å²) in [4.78, 5) is 43.7. The van der Waals surface area contributed by atoms with Gasteiger partial charge in [0.05, 0.1) is 6.10 Å². The van der Waals surface area contributed by atoms with E-state index in [2.05, 4.69) is 6.92 Å². The molecule has 3 unspecified atom stereocenters. The topological polar surface area (TPSA) is 101 Å². The lowest BCUT2D eigenvalue weighted by Gasteiger charge is -2.56. The molecule has 0 saturated heterocycles. The highest BCUT2D eigenvalue weighted by atomic mass is 31.2. The van der Waals surface area contributed by atoms with Gasteiger partial charge in [-0.2, -0.15) is 0 Å². The molecule has 144 valence electrons. The fraction of sp³-hybridized carbons (Fsp3) is 0.789. The summed E-state index contributed by atoms with van der Waals surface area (Å²) in [7, 11) is -4.53. The standard InChI is InChI=1S/C19H27O6P/c1-18-7-5-12(25-26(22,23)24)9-11(18)10-15(20)17-13-3-4-16(21)19(13,2)8-6-14(17)18/h10,12-14,17H,3-9H2,1-2H3,(H2,22,23,24)/t12-,13?,14?,17?,18-,19-/m0/s1. The van der Waals surface area contributed by atoms with E-state index in [0.29, 0.717) is 25.0 Å². The maximum absolute atomic E-state index is 13.0. The van der Waals surface area contributed by atoms with Gasteiger partial charge < -0.3 is 9.79 Å². The smallest absolute Gasteiger partial charge is 0.303 e. The van der Waals surface area contributed by atoms with E-state index in [0.717, 1.165) is 31.3 Å². The average molecular weight is 382 g/mol. The van der Waals surface area contributed by atoms with Crippen LogP contribution in [0.2, 0.25) is 0 Å². The van der Waals surface area contributed by atoms with E-state index in [1.165, 1.54) is 0 Å². The van der Waals surface area contributed by atoms with Crippen LogP contribution in [0, 0.1) is 28.6 Å². The largest absolute Gasteiger partial charge is 0.469 e. The number of carbonyl (C=O) groups is 2. The molecule has 0 aliphatic heterocycles. The molecule has 3 saturated carbocycles. The summed E-state index contributed by atoms with van der Waals surface area (Å²) in [6.07, 6.45) is 6.02. The van der Waals surface area contributed by atoms with E-state index in [9.17, 15) is 14.2 Å². The van der Waals surface area contributed by atoms with Crippen LogP contribution in [0.4, 0.5) is 0 Å². The number of Topliss-reactive ketones (excluding diaryl/α,β-unsaturated/α-hetero) is 1. The minimum absolute atomic E-state index is 0.0896. The van der Waals surface area contributed by atoms with Gasteiger partial charge in [0.15, 0.2) is 5.78 Å². The molecule has 0 aromatic heterocycles. The molecular formula is C19H27O6P. The van der Waals surface area contributed by atoms with E-state index in [1.54, 1.807) is 6.08 Å². The molecule has 6 atom stereocenters. The molecule has 0 aromatic rings. The third kappa shape index (κ3) is 2.69. The van der Waals surface area contributed by atoms with Crippen molar-refractivity contribution in [1.82, 2.24) is 0 Å². The Bertz CT molecular complexity index is 738. The Balaban J connectivity index is 1.65. The molecule has 4 rings (SSSR count). The molecule has 7 heteroatoms. The highest BCUT2D eigenvalue weighted by Gasteiger charge is 2.61. The molecule has 0 spiro atoms. The lowest BCUT2D eigenvalue weighted by molar-refractivity contribution is -0.139. The van der Waals surface area contributed by atoms with Gasteiger partial charge in [-0.3, -0.25) is 14.1 Å². The third-order valence-electron chi connectivity index (χ3n) is 7.90. The SMILES string of the molecule is C[C@]12CC[C@H](OP(=O)(O)O)CC1=CC(=O)C1C2CC[C@]2(C)C(=O)CCC12. The monoisotopic (exact) mass is 382 g/mol. The van der Waals surface area contributed by atoms with Crippen LogP contribution in [0.15, 0.2) is 11.6 Å². The van der Waals surface area contributed by atoms with Gasteiger partial charge >= 0.3 is 7.82 Å². The predicted octanol–water partition coefficient (Wildman–Crippen LogP) is 3.18. The predicted molar refractivity (Wildman–Crippen MR) is 94.0 cm³/mol. The highest BCUT2D eigenvalue weighted by Crippen LogP contribution is 2.63. The lowest BCUT2D eigenvalue weighted by atomic mass is 9.48. The zero-order valence-corrected chi connectivity index (χ0v) is 16.2. The van der Waals surface area contributed by atoms with Gasteiger partial charge in [-0.15, -0.1) is 0 Å². The molecule has 3 fully saturated rings. The zero-order valence-electron chi connectivity index (χ0n) is 15.3. The Morgan fingerprint density at radius 3 is 2.42 bits per heavy atom. The van der Waals surface area contributed by atoms with Crippen molar-refractivity contribution < 1.29 is 28.5 Å². The lowest BCUT2D eigenvalue weighted by Crippen LogP contribution is -2.53. The van der Waals surface area contributed by atoms with Gasteiger partial charge in [0.2, 0.25) is 0 Å². The minimum Gasteiger partial charge on any atom is -0.303 e. The minimum atomic E-state index is -4.53. The van der Waals surface area contributed by atoms with Crippen LogP contribution in [-0.4, -0.2) is 27.5 Å². The number of carbonyl (C=O) groups excluding carboxylic acids is 2. The van der Waals surface area contributed by atoms with Crippen LogP contribution in [0.1, 0.15) is 58.8 Å². The fourth-order valence-corrected chi connectivity index (χ4v) is 6.99. The van der Waals surface area contributed by atoms with Gasteiger partial charge in [0.1, 0.15) is 5.78 Å². The number of hydrogen-bond acceptors (Lipinski definition) is 4. The first kappa shape index (κ1) is 18.5. The normalized spacial score (nSPS) is 45.6. The maximum Gasteiger partial charge on any atom is 0.469 e. The van der Waals surface area contributed by atoms with E-state index >= 15 is 0 Å². The molecule has 0 aromatic carbocycles. The molecule has 0 bridgehead atoms. The van der Waals surface area contributed by atoms with Crippen molar-refractivity contribution in [2.24, 2.45) is 28.6 Å². The average Bonchev–Trinajstić information content (AvgIpc) is 2.83. The van der Waals surface area contributed by atoms with Crippen molar-refractivity contribution in [1.29, 1.82) is 0 Å². The van der Waals surface area contributed by atoms with Crippen LogP contribution in [0.25, 0.3) is 0 Å². The van der Waals surface area contributed by atoms with Crippen molar-refractivity contribution in [2.45, 2.75) is 64.9 Å². The van der Waals surface area contributed by atoms with E-state index in [1.807, 2.05) is 6.92 Å². The van der Waals surface area contributed by atoms with Gasteiger partial charge in [-0.05, 0) is 61.9 Å². The van der Waals surface area contributed by atoms with E-state index < -0.39 is 13.9 Å². The van der Waals surface area contributed by atoms with Gasteiger partial charge in [0.25, 0.3) is 0 Å². The summed E-state index contributed by atoms with van der Waals surface area (Å²) in [5.41, 5.74) is 0.487. The molecule has 0 amide bonds. The second kappa shape index (κ2) is 5.84. The Morgan fingerprint density at radius 1 is 1.08 bits per heavy atom. The second-order valence-corrected chi connectivity index (χ2v) is 10.3. The second-order valence-electron chi connectivity index (χ2n) is 9.11. The van der Waals surface area contributed by atoms with Crippen LogP contribution in [0.5, 0.6) is 0 Å². The van der Waals surface area contributed by atoms with Crippen LogP contribution in [-0.2, 0) is 18.7 Å². The first-order chi connectivity index (χ1) is 12.0. The molecule has 0 heterocycles. The highest BCUT2D eigenvalue weighted by molar-refractivity contribution is 7.46. The third-order valence-corrected chi connectivity index (χ3v) is 8.47. The van der Waals surface area contributed by atoms with Crippen molar-refractivity contribution in [3.8, 4) is 0 Å². The van der Waals surface area contributed by atoms with Crippen molar-refractivity contribution in [3.63, 3.8) is 0 Å². The van der Waals surface area contributed by atoms with Crippen molar-refractivity contribution in [2.75, 3.05) is 0 Å². The van der Waals surface area contributed by atoms with Gasteiger partial charge in [0, 0.05) is 17.8 Å². The summed E-state index contributed by atoms with van der Waals surface area (Å²) in [5.74, 6) is 0.681. The zero-order chi connectivity index (χ0) is 18.9. The number of phosphoric ester groups is 1. The molecular weight excluding hydrogens is 355 g/mol. The maximum atomic E-state index is 13.0. The molecule has 4 aliphatic rings. The number of ketones is 2. The van der Waals surface area contributed by atoms with Crippen LogP contribution < -0.4 is 0 Å². The molecule has 2 N–H and O–H groups in total. The summed E-state index contributed by atoms with van der Waals surface area (Å²) in [5, 5.41) is 0. The fourth-order valence-electron chi connectivity index (χ4n) is 6.43. The van der Waals surface area contributed by atoms with Gasteiger partial charge in [-0.25, -0.2) is 4.57 Å². The first-order valence-corrected chi connectivity index (χ1v) is 11.1. The molecule has 4 aliphatic carbocycles. The summed E-state index contributed by atoms with van der Waals surface area (Å²) in [6.45, 7) is 4.24. The van der Waals surface area contributed by atoms with Crippen molar-refractivity contribution in [3.05, 3.63) is 11.6 Å². The number of fused-ring (bicyclic) bond motifs is 5. The Labute approximate surface area is 153 Å². The summed E-state index contributed by atoms with van der Waals surface area (Å²) >= 11 is 0. The van der Waals surface area contributed by atoms with Crippen LogP contribution >= 0.6 is 7.82 Å². The quantitative estimate of drug-likeness (QED) is 0.712.